The Morgan fingerprint density at radius 2 is 2.00 bits per heavy atom. The van der Waals surface area contributed by atoms with Gasteiger partial charge < -0.3 is 10.1 Å². The number of hydrogen-bond acceptors (Lipinski definition) is 5. The van der Waals surface area contributed by atoms with Gasteiger partial charge in [-0.05, 0) is 47.6 Å². The van der Waals surface area contributed by atoms with Gasteiger partial charge >= 0.3 is 5.97 Å². The van der Waals surface area contributed by atoms with Crippen LogP contribution >= 0.6 is 0 Å². The van der Waals surface area contributed by atoms with Gasteiger partial charge in [0.2, 0.25) is 0 Å². The van der Waals surface area contributed by atoms with E-state index in [-0.39, 0.29) is 28.5 Å². The first kappa shape index (κ1) is 19.2. The summed E-state index contributed by atoms with van der Waals surface area (Å²) in [6.07, 6.45) is 5.29. The van der Waals surface area contributed by atoms with Crippen molar-refractivity contribution in [3.05, 3.63) is 81.4 Å². The molecule has 1 aliphatic heterocycles. The summed E-state index contributed by atoms with van der Waals surface area (Å²) in [4.78, 5) is 22.9. The minimum atomic E-state index is -0.382. The number of esters is 1. The first-order valence-corrected chi connectivity index (χ1v) is 9.92. The maximum atomic E-state index is 12.4. The van der Waals surface area contributed by atoms with Crippen LogP contribution in [0.2, 0.25) is 0 Å². The molecule has 0 amide bonds. The molecule has 0 radical (unpaired) electrons. The predicted octanol–water partition coefficient (Wildman–Crippen LogP) is 5.23. The summed E-state index contributed by atoms with van der Waals surface area (Å²) in [5, 5.41) is 14.5. The number of non-ortho nitro benzene ring substituents is 1. The number of nitro benzene ring substituents is 1. The number of carbonyl (C=O) groups is 1. The second-order valence-corrected chi connectivity index (χ2v) is 8.12. The summed E-state index contributed by atoms with van der Waals surface area (Å²) < 4.78 is 5.38. The second-order valence-electron chi connectivity index (χ2n) is 8.12. The standard InChI is InChI=1S/C23H24N2O4/c1-14(2)13-29-23(26)16-8-11-21-20(12-16)18-4-3-5-19(18)22(24-21)15-6-9-17(10-7-15)25(27)28/h3-4,6-12,14,18-19,22,24H,5,13H2,1-2H3/t18-,19+,22+/m1/s1. The molecule has 1 aliphatic carbocycles. The molecule has 29 heavy (non-hydrogen) atoms. The first-order chi connectivity index (χ1) is 13.9. The molecule has 6 nitrogen and oxygen atoms in total. The van der Waals surface area contributed by atoms with Crippen LogP contribution in [0.25, 0.3) is 0 Å². The largest absolute Gasteiger partial charge is 0.462 e. The maximum absolute atomic E-state index is 12.4. The quantitative estimate of drug-likeness (QED) is 0.326. The third-order valence-corrected chi connectivity index (χ3v) is 5.61. The van der Waals surface area contributed by atoms with Gasteiger partial charge in [-0.15, -0.1) is 0 Å². The molecular weight excluding hydrogens is 368 g/mol. The molecule has 0 aromatic heterocycles. The Hall–Kier alpha value is -3.15. The molecule has 150 valence electrons. The number of nitrogens with one attached hydrogen (secondary N) is 1. The summed E-state index contributed by atoms with van der Waals surface area (Å²) in [7, 11) is 0. The summed E-state index contributed by atoms with van der Waals surface area (Å²) in [5.41, 5.74) is 3.78. The molecule has 0 unspecified atom stereocenters. The molecule has 6 heteroatoms. The van der Waals surface area contributed by atoms with Crippen LogP contribution in [0, 0.1) is 22.0 Å². The van der Waals surface area contributed by atoms with Crippen molar-refractivity contribution in [1.82, 2.24) is 0 Å². The zero-order chi connectivity index (χ0) is 20.5. The summed E-state index contributed by atoms with van der Waals surface area (Å²) in [6.45, 7) is 4.43. The average molecular weight is 392 g/mol. The molecule has 2 aliphatic rings. The van der Waals surface area contributed by atoms with Crippen LogP contribution in [0.3, 0.4) is 0 Å². The van der Waals surface area contributed by atoms with E-state index in [0.29, 0.717) is 24.0 Å². The SMILES string of the molecule is CC(C)COC(=O)c1ccc2c(c1)[C@@H]1C=CC[C@@H]1[C@H](c1ccc([N+](=O)[O-])cc1)N2. The number of ether oxygens (including phenoxy) is 1. The van der Waals surface area contributed by atoms with Crippen molar-refractivity contribution in [2.45, 2.75) is 32.2 Å². The number of rotatable bonds is 5. The van der Waals surface area contributed by atoms with E-state index in [1.165, 1.54) is 0 Å². The molecule has 0 saturated heterocycles. The van der Waals surface area contributed by atoms with Gasteiger partial charge in [-0.25, -0.2) is 4.79 Å². The van der Waals surface area contributed by atoms with Crippen LogP contribution < -0.4 is 5.32 Å². The van der Waals surface area contributed by atoms with E-state index in [1.54, 1.807) is 18.2 Å². The third kappa shape index (κ3) is 3.75. The Morgan fingerprint density at radius 1 is 1.24 bits per heavy atom. The van der Waals surface area contributed by atoms with Crippen LogP contribution in [0.1, 0.15) is 53.7 Å². The number of carbonyl (C=O) groups excluding carboxylic acids is 1. The minimum Gasteiger partial charge on any atom is -0.462 e. The summed E-state index contributed by atoms with van der Waals surface area (Å²) in [5.74, 6) is 0.496. The molecule has 2 aromatic rings. The number of allylic oxidation sites excluding steroid dienone is 2. The molecule has 3 atom stereocenters. The van der Waals surface area contributed by atoms with Crippen LogP contribution in [-0.4, -0.2) is 17.5 Å². The van der Waals surface area contributed by atoms with E-state index < -0.39 is 0 Å². The zero-order valence-corrected chi connectivity index (χ0v) is 16.5. The predicted molar refractivity (Wildman–Crippen MR) is 111 cm³/mol. The molecule has 0 saturated carbocycles. The van der Waals surface area contributed by atoms with Gasteiger partial charge in [-0.2, -0.15) is 0 Å². The molecule has 1 N–H and O–H groups in total. The van der Waals surface area contributed by atoms with Gasteiger partial charge in [0.1, 0.15) is 0 Å². The van der Waals surface area contributed by atoms with Crippen LogP contribution in [-0.2, 0) is 4.74 Å². The number of anilines is 1. The lowest BCUT2D eigenvalue weighted by atomic mass is 9.76. The van der Waals surface area contributed by atoms with Crippen LogP contribution in [0.15, 0.2) is 54.6 Å². The van der Waals surface area contributed by atoms with Gasteiger partial charge in [-0.1, -0.05) is 38.1 Å². The Balaban J connectivity index is 1.62. The van der Waals surface area contributed by atoms with Crippen molar-refractivity contribution in [1.29, 1.82) is 0 Å². The highest BCUT2D eigenvalue weighted by molar-refractivity contribution is 5.90. The van der Waals surface area contributed by atoms with E-state index >= 15 is 0 Å². The highest BCUT2D eigenvalue weighted by Crippen LogP contribution is 2.50. The topological polar surface area (TPSA) is 81.5 Å². The smallest absolute Gasteiger partial charge is 0.338 e. The Kier molecular flexibility index (Phi) is 5.09. The third-order valence-electron chi connectivity index (χ3n) is 5.61. The highest BCUT2D eigenvalue weighted by Gasteiger charge is 2.38. The molecule has 4 rings (SSSR count). The Bertz CT molecular complexity index is 965. The molecule has 0 fully saturated rings. The monoisotopic (exact) mass is 392 g/mol. The molecular formula is C23H24N2O4. The fourth-order valence-electron chi connectivity index (χ4n) is 4.18. The molecule has 2 aromatic carbocycles. The Morgan fingerprint density at radius 3 is 2.69 bits per heavy atom. The number of nitrogens with zero attached hydrogens (tertiary/aromatic N) is 1. The molecule has 0 bridgehead atoms. The first-order valence-electron chi connectivity index (χ1n) is 9.92. The van der Waals surface area contributed by atoms with Gasteiger partial charge in [-0.3, -0.25) is 10.1 Å². The van der Waals surface area contributed by atoms with Crippen LogP contribution in [0.4, 0.5) is 11.4 Å². The van der Waals surface area contributed by atoms with E-state index in [9.17, 15) is 14.9 Å². The van der Waals surface area contributed by atoms with E-state index in [4.69, 9.17) is 4.74 Å². The minimum absolute atomic E-state index is 0.0575. The summed E-state index contributed by atoms with van der Waals surface area (Å²) in [6, 6.07) is 12.5. The Labute approximate surface area is 169 Å². The zero-order valence-electron chi connectivity index (χ0n) is 16.5. The van der Waals surface area contributed by atoms with E-state index in [2.05, 4.69) is 17.5 Å². The lowest BCUT2D eigenvalue weighted by Crippen LogP contribution is -2.29. The van der Waals surface area contributed by atoms with Crippen molar-refractivity contribution in [2.24, 2.45) is 11.8 Å². The number of hydrogen-bond donors (Lipinski definition) is 1. The van der Waals surface area contributed by atoms with E-state index in [1.807, 2.05) is 38.1 Å². The number of nitro groups is 1. The van der Waals surface area contributed by atoms with Crippen LogP contribution in [0.5, 0.6) is 0 Å². The fraction of sp³-hybridized carbons (Fsp3) is 0.348. The lowest BCUT2D eigenvalue weighted by molar-refractivity contribution is -0.384. The van der Waals surface area contributed by atoms with Crippen molar-refractivity contribution >= 4 is 17.3 Å². The van der Waals surface area contributed by atoms with E-state index in [0.717, 1.165) is 23.2 Å². The van der Waals surface area contributed by atoms with Crippen molar-refractivity contribution in [2.75, 3.05) is 11.9 Å². The van der Waals surface area contributed by atoms with Gasteiger partial charge in [0.25, 0.3) is 5.69 Å². The summed E-state index contributed by atoms with van der Waals surface area (Å²) >= 11 is 0. The lowest BCUT2D eigenvalue weighted by Gasteiger charge is -2.37. The average Bonchev–Trinajstić information content (AvgIpc) is 3.21. The normalized spacial score (nSPS) is 22.0. The number of benzene rings is 2. The molecule has 1 heterocycles. The molecule has 0 spiro atoms. The van der Waals surface area contributed by atoms with Crippen molar-refractivity contribution in [3.8, 4) is 0 Å². The maximum Gasteiger partial charge on any atom is 0.338 e. The fourth-order valence-corrected chi connectivity index (χ4v) is 4.18. The van der Waals surface area contributed by atoms with Crippen molar-refractivity contribution in [3.63, 3.8) is 0 Å². The second kappa shape index (κ2) is 7.70. The van der Waals surface area contributed by atoms with Gasteiger partial charge in [0, 0.05) is 23.7 Å². The van der Waals surface area contributed by atoms with Crippen molar-refractivity contribution < 1.29 is 14.5 Å². The highest BCUT2D eigenvalue weighted by atomic mass is 16.6. The van der Waals surface area contributed by atoms with Gasteiger partial charge in [0.05, 0.1) is 23.1 Å². The number of fused-ring (bicyclic) bond motifs is 3. The van der Waals surface area contributed by atoms with Gasteiger partial charge in [0.15, 0.2) is 0 Å².